The summed E-state index contributed by atoms with van der Waals surface area (Å²) < 4.78 is 0. The van der Waals surface area contributed by atoms with Crippen molar-refractivity contribution < 1.29 is 5.11 Å². The van der Waals surface area contributed by atoms with Gasteiger partial charge in [0.05, 0.1) is 12.1 Å². The van der Waals surface area contributed by atoms with Gasteiger partial charge in [-0.25, -0.2) is 0 Å². The molecule has 17 heavy (non-hydrogen) atoms. The normalized spacial score (nSPS) is 11.7. The molecule has 0 radical (unpaired) electrons. The Morgan fingerprint density at radius 3 is 2.59 bits per heavy atom. The van der Waals surface area contributed by atoms with Crippen LogP contribution in [-0.2, 0) is 6.54 Å². The minimum atomic E-state index is -0.708. The third-order valence-electron chi connectivity index (χ3n) is 2.41. The van der Waals surface area contributed by atoms with Crippen LogP contribution in [0.2, 0.25) is 0 Å². The quantitative estimate of drug-likeness (QED) is 0.867. The smallest absolute Gasteiger partial charge is 0.204 e. The highest BCUT2D eigenvalue weighted by Crippen LogP contribution is 2.13. The number of aryl methyl sites for hydroxylation is 1. The van der Waals surface area contributed by atoms with Crippen LogP contribution in [0.1, 0.15) is 20.3 Å². The minimum absolute atomic E-state index is 0.559. The van der Waals surface area contributed by atoms with Crippen LogP contribution >= 0.6 is 0 Å². The summed E-state index contributed by atoms with van der Waals surface area (Å²) >= 11 is 0. The Labute approximate surface area is 100 Å². The molecule has 2 rings (SSSR count). The van der Waals surface area contributed by atoms with E-state index in [1.165, 1.54) is 4.80 Å². The van der Waals surface area contributed by atoms with Crippen LogP contribution in [0.15, 0.2) is 30.3 Å². The van der Waals surface area contributed by atoms with Crippen LogP contribution < -0.4 is 0 Å². The van der Waals surface area contributed by atoms with E-state index < -0.39 is 5.60 Å². The van der Waals surface area contributed by atoms with Gasteiger partial charge in [0.2, 0.25) is 5.82 Å². The Kier molecular flexibility index (Phi) is 3.19. The van der Waals surface area contributed by atoms with Crippen molar-refractivity contribution in [3.05, 3.63) is 30.3 Å². The highest BCUT2D eigenvalue weighted by molar-refractivity contribution is 5.52. The van der Waals surface area contributed by atoms with E-state index >= 15 is 0 Å². The molecule has 5 nitrogen and oxygen atoms in total. The van der Waals surface area contributed by atoms with Crippen LogP contribution in [0, 0.1) is 0 Å². The highest BCUT2D eigenvalue weighted by atomic mass is 16.3. The lowest BCUT2D eigenvalue weighted by Crippen LogP contribution is -2.21. The van der Waals surface area contributed by atoms with Gasteiger partial charge in [-0.15, -0.1) is 10.2 Å². The van der Waals surface area contributed by atoms with Crippen LogP contribution in [0.3, 0.4) is 0 Å². The topological polar surface area (TPSA) is 63.8 Å². The maximum Gasteiger partial charge on any atom is 0.204 e. The number of tetrazole rings is 1. The second kappa shape index (κ2) is 4.63. The molecular formula is C12H16N4O. The summed E-state index contributed by atoms with van der Waals surface area (Å²) in [6, 6.07) is 9.70. The number of aromatic nitrogens is 4. The van der Waals surface area contributed by atoms with Gasteiger partial charge >= 0.3 is 0 Å². The number of hydrogen-bond donors (Lipinski definition) is 1. The maximum atomic E-state index is 9.61. The molecule has 0 amide bonds. The van der Waals surface area contributed by atoms with E-state index in [0.717, 1.165) is 5.56 Å². The Morgan fingerprint density at radius 1 is 1.24 bits per heavy atom. The van der Waals surface area contributed by atoms with Gasteiger partial charge in [-0.2, -0.15) is 4.80 Å². The zero-order valence-corrected chi connectivity index (χ0v) is 10.0. The highest BCUT2D eigenvalue weighted by Gasteiger charge is 2.13. The van der Waals surface area contributed by atoms with E-state index in [1.54, 1.807) is 13.8 Å². The summed E-state index contributed by atoms with van der Waals surface area (Å²) in [5, 5.41) is 21.8. The third-order valence-corrected chi connectivity index (χ3v) is 2.41. The number of aliphatic hydroxyl groups is 1. The van der Waals surface area contributed by atoms with Crippen LogP contribution in [0.25, 0.3) is 11.4 Å². The third kappa shape index (κ3) is 3.35. The van der Waals surface area contributed by atoms with Crippen molar-refractivity contribution in [2.45, 2.75) is 32.4 Å². The van der Waals surface area contributed by atoms with Crippen molar-refractivity contribution in [2.24, 2.45) is 0 Å². The number of benzene rings is 1. The van der Waals surface area contributed by atoms with Gasteiger partial charge in [0.25, 0.3) is 0 Å². The Morgan fingerprint density at radius 2 is 1.94 bits per heavy atom. The molecule has 5 heteroatoms. The van der Waals surface area contributed by atoms with Crippen molar-refractivity contribution in [2.75, 3.05) is 0 Å². The molecule has 0 aliphatic rings. The van der Waals surface area contributed by atoms with E-state index in [9.17, 15) is 5.11 Å². The molecule has 0 fully saturated rings. The monoisotopic (exact) mass is 232 g/mol. The minimum Gasteiger partial charge on any atom is -0.390 e. The van der Waals surface area contributed by atoms with Gasteiger partial charge in [-0.1, -0.05) is 30.3 Å². The molecule has 1 aromatic carbocycles. The van der Waals surface area contributed by atoms with Crippen molar-refractivity contribution in [3.8, 4) is 11.4 Å². The first-order valence-corrected chi connectivity index (χ1v) is 5.60. The molecule has 0 saturated carbocycles. The van der Waals surface area contributed by atoms with Gasteiger partial charge in [0.15, 0.2) is 0 Å². The van der Waals surface area contributed by atoms with Crippen molar-refractivity contribution in [3.63, 3.8) is 0 Å². The van der Waals surface area contributed by atoms with Gasteiger partial charge in [0.1, 0.15) is 0 Å². The molecule has 0 spiro atoms. The fraction of sp³-hybridized carbons (Fsp3) is 0.417. The second-order valence-electron chi connectivity index (χ2n) is 4.64. The summed E-state index contributed by atoms with van der Waals surface area (Å²) in [4.78, 5) is 1.51. The number of hydrogen-bond acceptors (Lipinski definition) is 4. The fourth-order valence-corrected chi connectivity index (χ4v) is 1.41. The summed E-state index contributed by atoms with van der Waals surface area (Å²) in [6.07, 6.45) is 0.595. The Balaban J connectivity index is 2.07. The van der Waals surface area contributed by atoms with E-state index in [0.29, 0.717) is 18.8 Å². The first-order valence-electron chi connectivity index (χ1n) is 5.60. The predicted octanol–water partition coefficient (Wildman–Crippen LogP) is 1.50. The van der Waals surface area contributed by atoms with Gasteiger partial charge in [0, 0.05) is 5.56 Å². The van der Waals surface area contributed by atoms with Gasteiger partial charge in [-0.3, -0.25) is 0 Å². The molecule has 1 heterocycles. The molecule has 0 bridgehead atoms. The van der Waals surface area contributed by atoms with Crippen molar-refractivity contribution >= 4 is 0 Å². The number of rotatable bonds is 4. The fourth-order valence-electron chi connectivity index (χ4n) is 1.41. The molecule has 0 atom stereocenters. The lowest BCUT2D eigenvalue weighted by atomic mass is 10.1. The average Bonchev–Trinajstić information content (AvgIpc) is 2.75. The van der Waals surface area contributed by atoms with Crippen LogP contribution in [0.4, 0.5) is 0 Å². The molecule has 1 aromatic heterocycles. The lowest BCUT2D eigenvalue weighted by molar-refractivity contribution is 0.0635. The van der Waals surface area contributed by atoms with E-state index in [-0.39, 0.29) is 0 Å². The predicted molar refractivity (Wildman–Crippen MR) is 64.2 cm³/mol. The lowest BCUT2D eigenvalue weighted by Gasteiger charge is -2.15. The molecule has 0 aliphatic heterocycles. The van der Waals surface area contributed by atoms with Gasteiger partial charge in [-0.05, 0) is 25.5 Å². The largest absolute Gasteiger partial charge is 0.390 e. The van der Waals surface area contributed by atoms with Crippen LogP contribution in [-0.4, -0.2) is 30.9 Å². The Bertz CT molecular complexity index is 473. The summed E-state index contributed by atoms with van der Waals surface area (Å²) in [5.41, 5.74) is 0.239. The Hall–Kier alpha value is -1.75. The SMILES string of the molecule is CC(C)(O)CCn1nnc(-c2ccccc2)n1. The first-order chi connectivity index (χ1) is 8.04. The second-order valence-corrected chi connectivity index (χ2v) is 4.64. The first kappa shape index (κ1) is 11.7. The standard InChI is InChI=1S/C12H16N4O/c1-12(2,17)8-9-16-14-11(13-15-16)10-6-4-3-5-7-10/h3-7,17H,8-9H2,1-2H3. The van der Waals surface area contributed by atoms with Gasteiger partial charge < -0.3 is 5.11 Å². The summed E-state index contributed by atoms with van der Waals surface area (Å²) in [7, 11) is 0. The molecular weight excluding hydrogens is 216 g/mol. The zero-order valence-electron chi connectivity index (χ0n) is 10.0. The molecule has 1 N–H and O–H groups in total. The molecule has 0 unspecified atom stereocenters. The zero-order chi connectivity index (χ0) is 12.3. The molecule has 2 aromatic rings. The average molecular weight is 232 g/mol. The van der Waals surface area contributed by atoms with Crippen molar-refractivity contribution in [1.82, 2.24) is 20.2 Å². The maximum absolute atomic E-state index is 9.61. The molecule has 0 aliphatic carbocycles. The van der Waals surface area contributed by atoms with E-state index in [2.05, 4.69) is 15.4 Å². The summed E-state index contributed by atoms with van der Waals surface area (Å²) in [5.74, 6) is 0.612. The van der Waals surface area contributed by atoms with E-state index in [1.807, 2.05) is 30.3 Å². The van der Waals surface area contributed by atoms with Crippen LogP contribution in [0.5, 0.6) is 0 Å². The van der Waals surface area contributed by atoms with E-state index in [4.69, 9.17) is 0 Å². The number of nitrogens with zero attached hydrogens (tertiary/aromatic N) is 4. The van der Waals surface area contributed by atoms with Crippen molar-refractivity contribution in [1.29, 1.82) is 0 Å². The molecule has 90 valence electrons. The molecule has 0 saturated heterocycles. The summed E-state index contributed by atoms with van der Waals surface area (Å²) in [6.45, 7) is 4.09.